The van der Waals surface area contributed by atoms with Crippen LogP contribution in [0.4, 0.5) is 0 Å². The first kappa shape index (κ1) is 16.2. The van der Waals surface area contributed by atoms with Crippen molar-refractivity contribution in [1.29, 1.82) is 0 Å². The lowest BCUT2D eigenvalue weighted by atomic mass is 10.1. The smallest absolute Gasteiger partial charge is 0.354 e. The van der Waals surface area contributed by atoms with E-state index in [0.29, 0.717) is 0 Å². The number of aromatic nitrogens is 2. The topological polar surface area (TPSA) is 84.2 Å². The predicted octanol–water partition coefficient (Wildman–Crippen LogP) is 2.06. The molecule has 1 aromatic rings. The molecule has 0 saturated heterocycles. The SMILES string of the molecule is CCCCCC(C)NC(=O)CCn1nccc1C(=O)O. The third-order valence-corrected chi connectivity index (χ3v) is 3.13. The van der Waals surface area contributed by atoms with Crippen LogP contribution in [0.5, 0.6) is 0 Å². The molecule has 1 rings (SSSR count). The van der Waals surface area contributed by atoms with E-state index in [9.17, 15) is 9.59 Å². The molecule has 20 heavy (non-hydrogen) atoms. The zero-order chi connectivity index (χ0) is 15.0. The number of aromatic carboxylic acids is 1. The Morgan fingerprint density at radius 2 is 2.20 bits per heavy atom. The van der Waals surface area contributed by atoms with E-state index in [1.165, 1.54) is 23.4 Å². The van der Waals surface area contributed by atoms with Crippen LogP contribution in [0.15, 0.2) is 12.3 Å². The van der Waals surface area contributed by atoms with Gasteiger partial charge in [-0.15, -0.1) is 0 Å². The Morgan fingerprint density at radius 3 is 2.85 bits per heavy atom. The molecule has 0 aliphatic rings. The molecule has 6 nitrogen and oxygen atoms in total. The molecular formula is C14H23N3O3. The van der Waals surface area contributed by atoms with Gasteiger partial charge in [0.2, 0.25) is 5.91 Å². The second-order valence-corrected chi connectivity index (χ2v) is 4.96. The van der Waals surface area contributed by atoms with Crippen LogP contribution in [0.25, 0.3) is 0 Å². The molecule has 0 aliphatic heterocycles. The lowest BCUT2D eigenvalue weighted by Crippen LogP contribution is -2.33. The number of hydrogen-bond donors (Lipinski definition) is 2. The van der Waals surface area contributed by atoms with Crippen molar-refractivity contribution in [2.75, 3.05) is 0 Å². The molecule has 112 valence electrons. The van der Waals surface area contributed by atoms with Crippen LogP contribution in [-0.2, 0) is 11.3 Å². The fraction of sp³-hybridized carbons (Fsp3) is 0.643. The largest absolute Gasteiger partial charge is 0.477 e. The summed E-state index contributed by atoms with van der Waals surface area (Å²) in [5, 5.41) is 15.8. The minimum Gasteiger partial charge on any atom is -0.477 e. The lowest BCUT2D eigenvalue weighted by Gasteiger charge is -2.13. The molecule has 0 fully saturated rings. The Hall–Kier alpha value is -1.85. The van der Waals surface area contributed by atoms with Crippen LogP contribution < -0.4 is 5.32 Å². The van der Waals surface area contributed by atoms with Crippen LogP contribution in [0.1, 0.15) is 56.4 Å². The van der Waals surface area contributed by atoms with E-state index in [0.717, 1.165) is 19.3 Å². The van der Waals surface area contributed by atoms with Crippen LogP contribution >= 0.6 is 0 Å². The molecule has 0 spiro atoms. The van der Waals surface area contributed by atoms with Crippen LogP contribution in [0, 0.1) is 0 Å². The Bertz CT molecular complexity index is 443. The summed E-state index contributed by atoms with van der Waals surface area (Å²) in [5.74, 6) is -1.10. The van der Waals surface area contributed by atoms with Crippen LogP contribution in [-0.4, -0.2) is 32.8 Å². The monoisotopic (exact) mass is 281 g/mol. The quantitative estimate of drug-likeness (QED) is 0.678. The third kappa shape index (κ3) is 5.42. The number of rotatable bonds is 9. The number of carboxylic acids is 1. The molecule has 0 saturated carbocycles. The highest BCUT2D eigenvalue weighted by Crippen LogP contribution is 2.04. The molecule has 0 aliphatic carbocycles. The van der Waals surface area contributed by atoms with Gasteiger partial charge in [-0.3, -0.25) is 9.48 Å². The van der Waals surface area contributed by atoms with Gasteiger partial charge in [0.1, 0.15) is 5.69 Å². The number of unbranched alkanes of at least 4 members (excludes halogenated alkanes) is 2. The fourth-order valence-electron chi connectivity index (χ4n) is 2.02. The van der Waals surface area contributed by atoms with Gasteiger partial charge in [0.15, 0.2) is 0 Å². The maximum absolute atomic E-state index is 11.8. The minimum atomic E-state index is -1.03. The molecule has 0 bridgehead atoms. The van der Waals surface area contributed by atoms with Gasteiger partial charge in [0.05, 0.1) is 6.54 Å². The number of nitrogens with zero attached hydrogens (tertiary/aromatic N) is 2. The number of nitrogens with one attached hydrogen (secondary N) is 1. The second-order valence-electron chi connectivity index (χ2n) is 4.96. The highest BCUT2D eigenvalue weighted by Gasteiger charge is 2.12. The van der Waals surface area contributed by atoms with Gasteiger partial charge in [-0.2, -0.15) is 5.10 Å². The summed E-state index contributed by atoms with van der Waals surface area (Å²) in [6.07, 6.45) is 6.09. The van der Waals surface area contributed by atoms with E-state index in [1.807, 2.05) is 6.92 Å². The maximum atomic E-state index is 11.8. The van der Waals surface area contributed by atoms with Gasteiger partial charge < -0.3 is 10.4 Å². The van der Waals surface area contributed by atoms with Crippen molar-refractivity contribution < 1.29 is 14.7 Å². The van der Waals surface area contributed by atoms with E-state index in [-0.39, 0.29) is 30.6 Å². The number of hydrogen-bond acceptors (Lipinski definition) is 3. The summed E-state index contributed by atoms with van der Waals surface area (Å²) in [7, 11) is 0. The molecule has 0 aromatic carbocycles. The Kier molecular flexibility index (Phi) is 6.76. The van der Waals surface area contributed by atoms with Gasteiger partial charge in [0, 0.05) is 18.7 Å². The van der Waals surface area contributed by atoms with Crippen molar-refractivity contribution in [2.24, 2.45) is 0 Å². The third-order valence-electron chi connectivity index (χ3n) is 3.13. The number of amides is 1. The first-order valence-corrected chi connectivity index (χ1v) is 7.09. The van der Waals surface area contributed by atoms with Crippen molar-refractivity contribution in [2.45, 2.75) is 58.5 Å². The first-order chi connectivity index (χ1) is 9.54. The second kappa shape index (κ2) is 8.35. The molecular weight excluding hydrogens is 258 g/mol. The summed E-state index contributed by atoms with van der Waals surface area (Å²) in [4.78, 5) is 22.7. The minimum absolute atomic E-state index is 0.0687. The average molecular weight is 281 g/mol. The molecule has 0 radical (unpaired) electrons. The molecule has 2 N–H and O–H groups in total. The predicted molar refractivity (Wildman–Crippen MR) is 75.6 cm³/mol. The molecule has 1 aromatic heterocycles. The van der Waals surface area contributed by atoms with Crippen molar-refractivity contribution in [3.8, 4) is 0 Å². The number of carbonyl (C=O) groups is 2. The number of aryl methyl sites for hydroxylation is 1. The van der Waals surface area contributed by atoms with Crippen LogP contribution in [0.2, 0.25) is 0 Å². The molecule has 1 atom stereocenters. The number of carbonyl (C=O) groups excluding carboxylic acids is 1. The Morgan fingerprint density at radius 1 is 1.45 bits per heavy atom. The van der Waals surface area contributed by atoms with E-state index in [1.54, 1.807) is 0 Å². The zero-order valence-electron chi connectivity index (χ0n) is 12.1. The Labute approximate surface area is 119 Å². The van der Waals surface area contributed by atoms with Crippen molar-refractivity contribution in [3.63, 3.8) is 0 Å². The highest BCUT2D eigenvalue weighted by atomic mass is 16.4. The zero-order valence-corrected chi connectivity index (χ0v) is 12.1. The van der Waals surface area contributed by atoms with Crippen molar-refractivity contribution in [1.82, 2.24) is 15.1 Å². The molecule has 1 amide bonds. The summed E-state index contributed by atoms with van der Waals surface area (Å²) >= 11 is 0. The van der Waals surface area contributed by atoms with Crippen molar-refractivity contribution >= 4 is 11.9 Å². The van der Waals surface area contributed by atoms with Crippen LogP contribution in [0.3, 0.4) is 0 Å². The maximum Gasteiger partial charge on any atom is 0.354 e. The Balaban J connectivity index is 2.32. The van der Waals surface area contributed by atoms with Gasteiger partial charge >= 0.3 is 5.97 Å². The van der Waals surface area contributed by atoms with E-state index in [4.69, 9.17) is 5.11 Å². The fourth-order valence-corrected chi connectivity index (χ4v) is 2.02. The summed E-state index contributed by atoms with van der Waals surface area (Å²) < 4.78 is 1.34. The lowest BCUT2D eigenvalue weighted by molar-refractivity contribution is -0.122. The van der Waals surface area contributed by atoms with Gasteiger partial charge in [-0.05, 0) is 19.4 Å². The molecule has 1 heterocycles. The van der Waals surface area contributed by atoms with Gasteiger partial charge in [0.25, 0.3) is 0 Å². The standard InChI is InChI=1S/C14H23N3O3/c1-3-4-5-6-11(2)16-13(18)8-10-17-12(14(19)20)7-9-15-17/h7,9,11H,3-6,8,10H2,1-2H3,(H,16,18)(H,19,20). The molecule has 1 unspecified atom stereocenters. The average Bonchev–Trinajstić information content (AvgIpc) is 2.85. The van der Waals surface area contributed by atoms with E-state index >= 15 is 0 Å². The summed E-state index contributed by atoms with van der Waals surface area (Å²) in [6.45, 7) is 4.42. The van der Waals surface area contributed by atoms with E-state index < -0.39 is 5.97 Å². The van der Waals surface area contributed by atoms with Gasteiger partial charge in [-0.25, -0.2) is 4.79 Å². The first-order valence-electron chi connectivity index (χ1n) is 7.09. The van der Waals surface area contributed by atoms with Gasteiger partial charge in [-0.1, -0.05) is 26.2 Å². The molecule has 6 heteroatoms. The number of carboxylic acid groups (broad SMARTS) is 1. The summed E-state index contributed by atoms with van der Waals surface area (Å²) in [5.41, 5.74) is 0.105. The summed E-state index contributed by atoms with van der Waals surface area (Å²) in [6, 6.07) is 1.58. The highest BCUT2D eigenvalue weighted by molar-refractivity contribution is 5.85. The van der Waals surface area contributed by atoms with E-state index in [2.05, 4.69) is 17.3 Å². The van der Waals surface area contributed by atoms with Crippen molar-refractivity contribution in [3.05, 3.63) is 18.0 Å². The normalized spacial score (nSPS) is 12.1.